The van der Waals surface area contributed by atoms with Crippen LogP contribution >= 0.6 is 0 Å². The van der Waals surface area contributed by atoms with E-state index < -0.39 is 17.4 Å². The number of benzene rings is 4. The Labute approximate surface area is 347 Å². The fourth-order valence-corrected chi connectivity index (χ4v) is 6.60. The molecule has 0 bridgehead atoms. The number of hydrogen-bond acceptors (Lipinski definition) is 10. The molecule has 0 spiro atoms. The molecule has 0 fully saturated rings. The van der Waals surface area contributed by atoms with Gasteiger partial charge in [0.1, 0.15) is 23.0 Å². The standard InChI is InChI=1S/C49H54O10/c1-33(2)45(50)56-29-13-9-7-11-27-54-37-19-15-35(16-20-37)47(52)58-39-23-25-41-42-26-24-40(32-44(42)49(5,6)43(41)31-39)59-48(53)36-17-21-38(22-18-36)55-28-12-8-10-14-30-57-46(51)34(3)4/h15-26,31-32H,1,3,7-14,27-30H2,2,4-6H3. The normalized spacial score (nSPS) is 12.1. The summed E-state index contributed by atoms with van der Waals surface area (Å²) in [6, 6.07) is 25.1. The van der Waals surface area contributed by atoms with Crippen molar-refractivity contribution in [2.45, 2.75) is 84.5 Å². The molecule has 1 aliphatic carbocycles. The van der Waals surface area contributed by atoms with Gasteiger partial charge >= 0.3 is 23.9 Å². The fourth-order valence-electron chi connectivity index (χ4n) is 6.60. The molecule has 0 saturated carbocycles. The number of ether oxygens (including phenoxy) is 6. The average Bonchev–Trinajstić information content (AvgIpc) is 3.44. The van der Waals surface area contributed by atoms with Crippen molar-refractivity contribution in [2.75, 3.05) is 26.4 Å². The van der Waals surface area contributed by atoms with Crippen molar-refractivity contribution in [3.05, 3.63) is 131 Å². The van der Waals surface area contributed by atoms with E-state index in [1.807, 2.05) is 24.3 Å². The largest absolute Gasteiger partial charge is 0.494 e. The van der Waals surface area contributed by atoms with E-state index in [-0.39, 0.29) is 11.9 Å². The number of hydrogen-bond donors (Lipinski definition) is 0. The van der Waals surface area contributed by atoms with Crippen LogP contribution in [-0.4, -0.2) is 50.3 Å². The van der Waals surface area contributed by atoms with Crippen LogP contribution in [0, 0.1) is 0 Å². The zero-order chi connectivity index (χ0) is 42.4. The van der Waals surface area contributed by atoms with Crippen LogP contribution in [0.25, 0.3) is 11.1 Å². The molecule has 0 aliphatic heterocycles. The highest BCUT2D eigenvalue weighted by Crippen LogP contribution is 2.50. The second kappa shape index (κ2) is 21.0. The second-order valence-electron chi connectivity index (χ2n) is 15.2. The van der Waals surface area contributed by atoms with Crippen LogP contribution in [0.1, 0.15) is 111 Å². The molecule has 0 unspecified atom stereocenters. The first-order chi connectivity index (χ1) is 28.3. The van der Waals surface area contributed by atoms with E-state index in [2.05, 4.69) is 27.0 Å². The Morgan fingerprint density at radius 3 is 1.17 bits per heavy atom. The Balaban J connectivity index is 1.06. The summed E-state index contributed by atoms with van der Waals surface area (Å²) in [6.07, 6.45) is 7.05. The van der Waals surface area contributed by atoms with Crippen LogP contribution in [0.3, 0.4) is 0 Å². The molecule has 59 heavy (non-hydrogen) atoms. The number of carbonyl (C=O) groups excluding carboxylic acids is 4. The summed E-state index contributed by atoms with van der Waals surface area (Å²) in [5, 5.41) is 0. The van der Waals surface area contributed by atoms with Gasteiger partial charge in [-0.25, -0.2) is 19.2 Å². The molecule has 0 saturated heterocycles. The van der Waals surface area contributed by atoms with E-state index in [1.54, 1.807) is 74.5 Å². The summed E-state index contributed by atoms with van der Waals surface area (Å²) in [4.78, 5) is 49.1. The molecule has 10 nitrogen and oxygen atoms in total. The summed E-state index contributed by atoms with van der Waals surface area (Å²) in [5.41, 5.74) is 5.20. The molecule has 0 radical (unpaired) electrons. The van der Waals surface area contributed by atoms with E-state index in [0.717, 1.165) is 73.6 Å². The molecule has 0 amide bonds. The van der Waals surface area contributed by atoms with E-state index in [9.17, 15) is 19.2 Å². The highest BCUT2D eigenvalue weighted by molar-refractivity contribution is 5.93. The van der Waals surface area contributed by atoms with Crippen LogP contribution in [0.4, 0.5) is 0 Å². The average molecular weight is 803 g/mol. The number of fused-ring (bicyclic) bond motifs is 3. The lowest BCUT2D eigenvalue weighted by Gasteiger charge is -2.22. The van der Waals surface area contributed by atoms with Crippen molar-refractivity contribution < 1.29 is 47.6 Å². The zero-order valence-electron chi connectivity index (χ0n) is 34.6. The highest BCUT2D eigenvalue weighted by atomic mass is 16.5. The molecule has 10 heteroatoms. The molecular weight excluding hydrogens is 749 g/mol. The van der Waals surface area contributed by atoms with Crippen LogP contribution in [0.5, 0.6) is 23.0 Å². The maximum absolute atomic E-state index is 13.1. The zero-order valence-corrected chi connectivity index (χ0v) is 34.6. The minimum atomic E-state index is -0.474. The van der Waals surface area contributed by atoms with E-state index in [0.29, 0.717) is 71.7 Å². The summed E-state index contributed by atoms with van der Waals surface area (Å²) in [7, 11) is 0. The maximum Gasteiger partial charge on any atom is 0.343 e. The smallest absolute Gasteiger partial charge is 0.343 e. The van der Waals surface area contributed by atoms with Gasteiger partial charge in [-0.05, 0) is 160 Å². The lowest BCUT2D eigenvalue weighted by atomic mass is 9.82. The first kappa shape index (κ1) is 44.0. The van der Waals surface area contributed by atoms with Crippen LogP contribution in [-0.2, 0) is 24.5 Å². The van der Waals surface area contributed by atoms with Gasteiger partial charge in [-0.15, -0.1) is 0 Å². The molecule has 0 atom stereocenters. The lowest BCUT2D eigenvalue weighted by molar-refractivity contribution is -0.139. The Morgan fingerprint density at radius 1 is 0.475 bits per heavy atom. The summed E-state index contributed by atoms with van der Waals surface area (Å²) >= 11 is 0. The minimum absolute atomic E-state index is 0.356. The number of carbonyl (C=O) groups is 4. The SMILES string of the molecule is C=C(C)C(=O)OCCCCCCOc1ccc(C(=O)Oc2ccc3c(c2)C(C)(C)c2cc(OC(=O)c4ccc(OCCCCCCOC(=O)C(=C)C)cc4)ccc2-3)cc1. The van der Waals surface area contributed by atoms with E-state index in [1.165, 1.54) is 0 Å². The van der Waals surface area contributed by atoms with Gasteiger partial charge < -0.3 is 28.4 Å². The van der Waals surface area contributed by atoms with Gasteiger partial charge in [0.05, 0.1) is 37.6 Å². The Bertz CT molecular complexity index is 1980. The van der Waals surface area contributed by atoms with Gasteiger partial charge in [0, 0.05) is 16.6 Å². The summed E-state index contributed by atoms with van der Waals surface area (Å²) in [5.74, 6) is 0.538. The van der Waals surface area contributed by atoms with Crippen LogP contribution < -0.4 is 18.9 Å². The fraction of sp³-hybridized carbons (Fsp3) is 0.347. The summed E-state index contributed by atoms with van der Waals surface area (Å²) < 4.78 is 33.5. The molecule has 0 N–H and O–H groups in total. The van der Waals surface area contributed by atoms with Gasteiger partial charge in [-0.1, -0.05) is 39.1 Å². The first-order valence-electron chi connectivity index (χ1n) is 20.2. The molecule has 4 aromatic carbocycles. The molecule has 0 aromatic heterocycles. The highest BCUT2D eigenvalue weighted by Gasteiger charge is 2.36. The van der Waals surface area contributed by atoms with Gasteiger partial charge in [0.25, 0.3) is 0 Å². The van der Waals surface area contributed by atoms with E-state index in [4.69, 9.17) is 28.4 Å². The molecule has 0 heterocycles. The number of esters is 4. The second-order valence-corrected chi connectivity index (χ2v) is 15.2. The predicted molar refractivity (Wildman–Crippen MR) is 226 cm³/mol. The van der Waals surface area contributed by atoms with Crippen molar-refractivity contribution in [3.8, 4) is 34.1 Å². The molecule has 1 aliphatic rings. The Morgan fingerprint density at radius 2 is 0.814 bits per heavy atom. The monoisotopic (exact) mass is 802 g/mol. The first-order valence-corrected chi connectivity index (χ1v) is 20.2. The van der Waals surface area contributed by atoms with Crippen molar-refractivity contribution in [1.29, 1.82) is 0 Å². The number of rotatable bonds is 22. The van der Waals surface area contributed by atoms with E-state index >= 15 is 0 Å². The lowest BCUT2D eigenvalue weighted by Crippen LogP contribution is -2.16. The van der Waals surface area contributed by atoms with Crippen molar-refractivity contribution in [1.82, 2.24) is 0 Å². The van der Waals surface area contributed by atoms with Gasteiger partial charge in [-0.3, -0.25) is 0 Å². The predicted octanol–water partition coefficient (Wildman–Crippen LogP) is 10.5. The Hall–Kier alpha value is -6.16. The molecular formula is C49H54O10. The van der Waals surface area contributed by atoms with Crippen molar-refractivity contribution in [3.63, 3.8) is 0 Å². The molecule has 4 aromatic rings. The van der Waals surface area contributed by atoms with Crippen molar-refractivity contribution in [2.24, 2.45) is 0 Å². The van der Waals surface area contributed by atoms with Crippen molar-refractivity contribution >= 4 is 23.9 Å². The third-order valence-corrected chi connectivity index (χ3v) is 10.00. The van der Waals surface area contributed by atoms with Gasteiger partial charge in [0.15, 0.2) is 0 Å². The topological polar surface area (TPSA) is 124 Å². The maximum atomic E-state index is 13.1. The third-order valence-electron chi connectivity index (χ3n) is 10.00. The number of unbranched alkanes of at least 4 members (excludes halogenated alkanes) is 6. The Kier molecular flexibility index (Phi) is 15.7. The third kappa shape index (κ3) is 12.4. The quantitative estimate of drug-likeness (QED) is 0.0328. The van der Waals surface area contributed by atoms with Gasteiger partial charge in [0.2, 0.25) is 0 Å². The van der Waals surface area contributed by atoms with Gasteiger partial charge in [-0.2, -0.15) is 0 Å². The van der Waals surface area contributed by atoms with Crippen LogP contribution in [0.15, 0.2) is 109 Å². The summed E-state index contributed by atoms with van der Waals surface area (Å²) in [6.45, 7) is 16.5. The molecule has 310 valence electrons. The molecule has 5 rings (SSSR count). The minimum Gasteiger partial charge on any atom is -0.494 e. The van der Waals surface area contributed by atoms with Crippen LogP contribution in [0.2, 0.25) is 0 Å².